The summed E-state index contributed by atoms with van der Waals surface area (Å²) in [5.74, 6) is 0.421. The van der Waals surface area contributed by atoms with Gasteiger partial charge in [0.15, 0.2) is 0 Å². The molecule has 0 bridgehead atoms. The summed E-state index contributed by atoms with van der Waals surface area (Å²) < 4.78 is 21.5. The lowest BCUT2D eigenvalue weighted by Crippen LogP contribution is -2.42. The molecule has 1 amide bonds. The van der Waals surface area contributed by atoms with Crippen LogP contribution in [0.5, 0.6) is 5.75 Å². The number of nitrogens with zero attached hydrogens (tertiary/aromatic N) is 2. The van der Waals surface area contributed by atoms with Crippen molar-refractivity contribution in [2.24, 2.45) is 5.41 Å². The molecule has 5 rings (SSSR count). The molecule has 1 saturated carbocycles. The summed E-state index contributed by atoms with van der Waals surface area (Å²) in [7, 11) is 0. The van der Waals surface area contributed by atoms with E-state index in [-0.39, 0.29) is 23.2 Å². The highest BCUT2D eigenvalue weighted by Crippen LogP contribution is 2.45. The Balaban J connectivity index is 1.42. The molecule has 1 fully saturated rings. The summed E-state index contributed by atoms with van der Waals surface area (Å²) in [6, 6.07) is 19.1. The fourth-order valence-corrected chi connectivity index (χ4v) is 4.13. The van der Waals surface area contributed by atoms with Gasteiger partial charge >= 0.3 is 0 Å². The Morgan fingerprint density at radius 1 is 1.12 bits per heavy atom. The number of aromatic nitrogens is 2. The first-order chi connectivity index (χ1) is 16.3. The molecule has 3 aromatic carbocycles. The molecule has 0 spiro atoms. The summed E-state index contributed by atoms with van der Waals surface area (Å²) in [5.41, 5.74) is 2.30. The van der Waals surface area contributed by atoms with Crippen LogP contribution >= 0.6 is 11.6 Å². The normalized spacial score (nSPS) is 16.1. The Morgan fingerprint density at radius 3 is 2.50 bits per heavy atom. The van der Waals surface area contributed by atoms with Crippen molar-refractivity contribution < 1.29 is 13.9 Å². The monoisotopic (exact) mass is 477 g/mol. The van der Waals surface area contributed by atoms with Gasteiger partial charge in [-0.1, -0.05) is 30.7 Å². The SMILES string of the molecule is C[C@H](NC(=O)C1(C)CC1)[C@@H](Oc1ccc2c(cnn2-c2ccc(F)cc2)c1)c1ccc(Cl)cc1. The van der Waals surface area contributed by atoms with Crippen LogP contribution < -0.4 is 10.1 Å². The molecule has 34 heavy (non-hydrogen) atoms. The van der Waals surface area contributed by atoms with Gasteiger partial charge in [0, 0.05) is 15.8 Å². The lowest BCUT2D eigenvalue weighted by atomic mass is 10.0. The molecule has 2 atom stereocenters. The van der Waals surface area contributed by atoms with Crippen LogP contribution in [0.25, 0.3) is 16.6 Å². The fourth-order valence-electron chi connectivity index (χ4n) is 4.00. The Labute approximate surface area is 202 Å². The largest absolute Gasteiger partial charge is 0.484 e. The predicted octanol–water partition coefficient (Wildman–Crippen LogP) is 6.24. The van der Waals surface area contributed by atoms with Crippen molar-refractivity contribution in [2.75, 3.05) is 0 Å². The van der Waals surface area contributed by atoms with Crippen molar-refractivity contribution in [1.82, 2.24) is 15.1 Å². The van der Waals surface area contributed by atoms with Gasteiger partial charge in [-0.15, -0.1) is 0 Å². The van der Waals surface area contributed by atoms with E-state index in [9.17, 15) is 9.18 Å². The molecular weight excluding hydrogens is 453 g/mol. The second-order valence-corrected chi connectivity index (χ2v) is 9.60. The second kappa shape index (κ2) is 8.76. The molecule has 0 saturated heterocycles. The topological polar surface area (TPSA) is 56.1 Å². The van der Waals surface area contributed by atoms with E-state index in [2.05, 4.69) is 10.4 Å². The van der Waals surface area contributed by atoms with Crippen molar-refractivity contribution in [1.29, 1.82) is 0 Å². The molecule has 1 heterocycles. The summed E-state index contributed by atoms with van der Waals surface area (Å²) in [6.07, 6.45) is 3.16. The van der Waals surface area contributed by atoms with Crippen molar-refractivity contribution in [3.8, 4) is 11.4 Å². The van der Waals surface area contributed by atoms with Crippen LogP contribution in [0.1, 0.15) is 38.4 Å². The maximum atomic E-state index is 13.3. The number of halogens is 2. The molecule has 7 heteroatoms. The second-order valence-electron chi connectivity index (χ2n) is 9.17. The number of hydrogen-bond donors (Lipinski definition) is 1. The van der Waals surface area contributed by atoms with Gasteiger partial charge in [0.05, 0.1) is 23.4 Å². The zero-order valence-electron chi connectivity index (χ0n) is 19.0. The van der Waals surface area contributed by atoms with Crippen molar-refractivity contribution in [3.63, 3.8) is 0 Å². The van der Waals surface area contributed by atoms with E-state index < -0.39 is 6.10 Å². The lowest BCUT2D eigenvalue weighted by molar-refractivity contribution is -0.127. The van der Waals surface area contributed by atoms with Gasteiger partial charge < -0.3 is 10.1 Å². The highest BCUT2D eigenvalue weighted by atomic mass is 35.5. The van der Waals surface area contributed by atoms with E-state index in [1.165, 1.54) is 12.1 Å². The maximum Gasteiger partial charge on any atom is 0.226 e. The third-order valence-corrected chi connectivity index (χ3v) is 6.69. The Morgan fingerprint density at radius 2 is 1.82 bits per heavy atom. The van der Waals surface area contributed by atoms with Gasteiger partial charge in [-0.3, -0.25) is 4.79 Å². The molecule has 1 aliphatic carbocycles. The third-order valence-electron chi connectivity index (χ3n) is 6.43. The molecule has 174 valence electrons. The Kier molecular flexibility index (Phi) is 5.78. The zero-order valence-corrected chi connectivity index (χ0v) is 19.7. The molecule has 1 aliphatic rings. The molecule has 4 aromatic rings. The minimum Gasteiger partial charge on any atom is -0.484 e. The summed E-state index contributed by atoms with van der Waals surface area (Å²) in [5, 5.41) is 9.12. The summed E-state index contributed by atoms with van der Waals surface area (Å²) in [4.78, 5) is 12.7. The van der Waals surface area contributed by atoms with Gasteiger partial charge in [0.1, 0.15) is 17.7 Å². The average molecular weight is 478 g/mol. The highest BCUT2D eigenvalue weighted by molar-refractivity contribution is 6.30. The van der Waals surface area contributed by atoms with Crippen molar-refractivity contribution in [2.45, 2.75) is 38.8 Å². The number of carbonyl (C=O) groups is 1. The first-order valence-electron chi connectivity index (χ1n) is 11.3. The number of nitrogens with one attached hydrogen (secondary N) is 1. The standard InChI is InChI=1S/C27H25ClFN3O2/c1-17(31-26(33)27(2)13-14-27)25(18-3-5-20(28)6-4-18)34-23-11-12-24-19(15-23)16-30-32(24)22-9-7-21(29)8-10-22/h3-12,15-17,25H,13-14H2,1-2H3,(H,31,33)/t17-,25+/m0/s1. The van der Waals surface area contributed by atoms with Crippen LogP contribution in [-0.2, 0) is 4.79 Å². The predicted molar refractivity (Wildman–Crippen MR) is 131 cm³/mol. The molecular formula is C27H25ClFN3O2. The molecule has 0 radical (unpaired) electrons. The summed E-state index contributed by atoms with van der Waals surface area (Å²) >= 11 is 6.09. The Hall–Kier alpha value is -3.38. The quantitative estimate of drug-likeness (QED) is 0.342. The van der Waals surface area contributed by atoms with Gasteiger partial charge in [0.2, 0.25) is 5.91 Å². The van der Waals surface area contributed by atoms with Crippen LogP contribution in [-0.4, -0.2) is 21.7 Å². The smallest absolute Gasteiger partial charge is 0.226 e. The van der Waals surface area contributed by atoms with Crippen LogP contribution in [0, 0.1) is 11.2 Å². The van der Waals surface area contributed by atoms with Gasteiger partial charge in [-0.25, -0.2) is 9.07 Å². The highest BCUT2D eigenvalue weighted by Gasteiger charge is 2.45. The minimum absolute atomic E-state index is 0.0542. The Bertz CT molecular complexity index is 1330. The summed E-state index contributed by atoms with van der Waals surface area (Å²) in [6.45, 7) is 3.94. The van der Waals surface area contributed by atoms with E-state index in [4.69, 9.17) is 16.3 Å². The number of fused-ring (bicyclic) bond motifs is 1. The number of rotatable bonds is 7. The molecule has 1 N–H and O–H groups in total. The van der Waals surface area contributed by atoms with Crippen LogP contribution in [0.2, 0.25) is 5.02 Å². The van der Waals surface area contributed by atoms with Gasteiger partial charge in [-0.2, -0.15) is 5.10 Å². The molecule has 0 unspecified atom stereocenters. The van der Waals surface area contributed by atoms with E-state index in [0.717, 1.165) is 35.0 Å². The van der Waals surface area contributed by atoms with Crippen LogP contribution in [0.15, 0.2) is 72.9 Å². The van der Waals surface area contributed by atoms with Crippen LogP contribution in [0.3, 0.4) is 0 Å². The van der Waals surface area contributed by atoms with E-state index >= 15 is 0 Å². The fraction of sp³-hybridized carbons (Fsp3) is 0.259. The number of benzene rings is 3. The maximum absolute atomic E-state index is 13.3. The first-order valence-corrected chi connectivity index (χ1v) is 11.7. The van der Waals surface area contributed by atoms with E-state index in [0.29, 0.717) is 10.8 Å². The molecule has 5 nitrogen and oxygen atoms in total. The number of hydrogen-bond acceptors (Lipinski definition) is 3. The van der Waals surface area contributed by atoms with Gasteiger partial charge in [-0.05, 0) is 79.9 Å². The number of amides is 1. The van der Waals surface area contributed by atoms with E-state index in [1.54, 1.807) is 23.0 Å². The van der Waals surface area contributed by atoms with Crippen molar-refractivity contribution in [3.05, 3.63) is 89.3 Å². The minimum atomic E-state index is -0.409. The molecule has 0 aliphatic heterocycles. The zero-order chi connectivity index (χ0) is 23.9. The number of ether oxygens (including phenoxy) is 1. The first kappa shape index (κ1) is 22.4. The van der Waals surface area contributed by atoms with Gasteiger partial charge in [0.25, 0.3) is 0 Å². The third kappa shape index (κ3) is 4.50. The van der Waals surface area contributed by atoms with Crippen LogP contribution in [0.4, 0.5) is 4.39 Å². The average Bonchev–Trinajstić information content (AvgIpc) is 3.45. The lowest BCUT2D eigenvalue weighted by Gasteiger charge is -2.27. The number of carbonyl (C=O) groups excluding carboxylic acids is 1. The molecule has 1 aromatic heterocycles. The van der Waals surface area contributed by atoms with Crippen molar-refractivity contribution >= 4 is 28.4 Å². The van der Waals surface area contributed by atoms with E-state index in [1.807, 2.05) is 56.3 Å².